The third kappa shape index (κ3) is 5.40. The highest BCUT2D eigenvalue weighted by Crippen LogP contribution is 2.28. The van der Waals surface area contributed by atoms with E-state index in [1.165, 1.54) is 0 Å². The van der Waals surface area contributed by atoms with E-state index in [-0.39, 0.29) is 13.2 Å². The molecule has 0 aliphatic carbocycles. The van der Waals surface area contributed by atoms with Crippen molar-refractivity contribution in [2.75, 3.05) is 18.5 Å². The van der Waals surface area contributed by atoms with Gasteiger partial charge in [-0.25, -0.2) is 4.79 Å². The fraction of sp³-hybridized carbons (Fsp3) is 0.133. The molecule has 4 nitrogen and oxygen atoms in total. The summed E-state index contributed by atoms with van der Waals surface area (Å²) in [7, 11) is 0. The van der Waals surface area contributed by atoms with Gasteiger partial charge < -0.3 is 9.47 Å². The van der Waals surface area contributed by atoms with Crippen LogP contribution in [0.25, 0.3) is 0 Å². The Bertz CT molecular complexity index is 605. The number of ether oxygens (including phenoxy) is 2. The number of rotatable bonds is 5. The summed E-state index contributed by atoms with van der Waals surface area (Å²) < 4.78 is 12.3. The summed E-state index contributed by atoms with van der Waals surface area (Å²) in [6.45, 7) is 0.448. The Hall–Kier alpha value is -1.53. The molecule has 6 heteroatoms. The highest BCUT2D eigenvalue weighted by atomic mass is 79.9. The lowest BCUT2D eigenvalue weighted by Crippen LogP contribution is -2.17. The third-order valence-electron chi connectivity index (χ3n) is 2.49. The summed E-state index contributed by atoms with van der Waals surface area (Å²) in [5, 5.41) is 2.63. The van der Waals surface area contributed by atoms with Crippen LogP contribution in [0.1, 0.15) is 0 Å². The molecule has 1 N–H and O–H groups in total. The monoisotopic (exact) mass is 413 g/mol. The maximum atomic E-state index is 11.5. The summed E-state index contributed by atoms with van der Waals surface area (Å²) in [6.07, 6.45) is -0.500. The fourth-order valence-electron chi connectivity index (χ4n) is 1.55. The van der Waals surface area contributed by atoms with E-state index in [1.54, 1.807) is 12.1 Å². The number of hydrogen-bond donors (Lipinski definition) is 1. The lowest BCUT2D eigenvalue weighted by Gasteiger charge is -2.09. The van der Waals surface area contributed by atoms with Crippen molar-refractivity contribution in [3.63, 3.8) is 0 Å². The van der Waals surface area contributed by atoms with Gasteiger partial charge in [-0.05, 0) is 46.3 Å². The predicted octanol–water partition coefficient (Wildman–Crippen LogP) is 4.84. The average Bonchev–Trinajstić information content (AvgIpc) is 2.46. The Morgan fingerprint density at radius 1 is 1.05 bits per heavy atom. The van der Waals surface area contributed by atoms with Gasteiger partial charge in [-0.3, -0.25) is 5.32 Å². The molecule has 0 unspecified atom stereocenters. The Labute approximate surface area is 139 Å². The summed E-state index contributed by atoms with van der Waals surface area (Å²) in [5.74, 6) is 0.699. The Morgan fingerprint density at radius 2 is 1.81 bits per heavy atom. The van der Waals surface area contributed by atoms with Gasteiger partial charge in [-0.1, -0.05) is 34.1 Å². The van der Waals surface area contributed by atoms with Crippen molar-refractivity contribution in [3.05, 3.63) is 57.5 Å². The van der Waals surface area contributed by atoms with Crippen molar-refractivity contribution in [2.24, 2.45) is 0 Å². The van der Waals surface area contributed by atoms with Crippen molar-refractivity contribution in [2.45, 2.75) is 0 Å². The average molecular weight is 415 g/mol. The minimum absolute atomic E-state index is 0.168. The molecule has 0 saturated heterocycles. The van der Waals surface area contributed by atoms with E-state index in [4.69, 9.17) is 9.47 Å². The topological polar surface area (TPSA) is 47.6 Å². The number of para-hydroxylation sites is 1. The molecule has 1 amide bonds. The van der Waals surface area contributed by atoms with Crippen LogP contribution in [-0.2, 0) is 4.74 Å². The van der Waals surface area contributed by atoms with Gasteiger partial charge >= 0.3 is 6.09 Å². The number of nitrogens with one attached hydrogen (secondary N) is 1. The van der Waals surface area contributed by atoms with Crippen molar-refractivity contribution in [1.29, 1.82) is 0 Å². The smallest absolute Gasteiger partial charge is 0.411 e. The fourth-order valence-corrected chi connectivity index (χ4v) is 2.72. The lowest BCUT2D eigenvalue weighted by atomic mass is 10.3. The van der Waals surface area contributed by atoms with Crippen LogP contribution in [0.4, 0.5) is 10.5 Å². The standard InChI is InChI=1S/C15H13Br2NO3/c16-11-6-7-14(13(17)10-11)20-8-9-21-15(19)18-12-4-2-1-3-5-12/h1-7,10H,8-9H2,(H,18,19). The van der Waals surface area contributed by atoms with Gasteiger partial charge in [0.2, 0.25) is 0 Å². The molecule has 0 aliphatic heterocycles. The predicted molar refractivity (Wildman–Crippen MR) is 88.7 cm³/mol. The molecule has 0 fully saturated rings. The molecular formula is C15H13Br2NO3. The molecule has 2 aromatic rings. The van der Waals surface area contributed by atoms with Crippen molar-refractivity contribution < 1.29 is 14.3 Å². The van der Waals surface area contributed by atoms with Crippen LogP contribution in [-0.4, -0.2) is 19.3 Å². The number of hydrogen-bond acceptors (Lipinski definition) is 3. The summed E-state index contributed by atoms with van der Waals surface area (Å²) in [6, 6.07) is 14.7. The number of benzene rings is 2. The Kier molecular flexibility index (Phi) is 6.07. The Morgan fingerprint density at radius 3 is 2.52 bits per heavy atom. The van der Waals surface area contributed by atoms with Crippen molar-refractivity contribution in [3.8, 4) is 5.75 Å². The quantitative estimate of drug-likeness (QED) is 0.712. The zero-order valence-corrected chi connectivity index (χ0v) is 14.2. The van der Waals surface area contributed by atoms with Gasteiger partial charge in [0.15, 0.2) is 0 Å². The number of amides is 1. The lowest BCUT2D eigenvalue weighted by molar-refractivity contribution is 0.137. The first-order valence-corrected chi connectivity index (χ1v) is 7.80. The van der Waals surface area contributed by atoms with Crippen molar-refractivity contribution in [1.82, 2.24) is 0 Å². The van der Waals surface area contributed by atoms with E-state index in [2.05, 4.69) is 37.2 Å². The largest absolute Gasteiger partial charge is 0.489 e. The summed E-state index contributed by atoms with van der Waals surface area (Å²) in [5.41, 5.74) is 0.694. The zero-order valence-electron chi connectivity index (χ0n) is 11.0. The maximum Gasteiger partial charge on any atom is 0.411 e. The van der Waals surface area contributed by atoms with Gasteiger partial charge in [0.25, 0.3) is 0 Å². The normalized spacial score (nSPS) is 10.0. The van der Waals surface area contributed by atoms with Gasteiger partial charge in [-0.2, -0.15) is 0 Å². The van der Waals surface area contributed by atoms with Gasteiger partial charge in [0, 0.05) is 10.2 Å². The van der Waals surface area contributed by atoms with E-state index >= 15 is 0 Å². The number of anilines is 1. The van der Waals surface area contributed by atoms with Crippen LogP contribution < -0.4 is 10.1 Å². The van der Waals surface area contributed by atoms with E-state index in [1.807, 2.05) is 36.4 Å². The first kappa shape index (κ1) is 15.9. The highest BCUT2D eigenvalue weighted by Gasteiger charge is 2.04. The van der Waals surface area contributed by atoms with E-state index in [9.17, 15) is 4.79 Å². The summed E-state index contributed by atoms with van der Waals surface area (Å²) in [4.78, 5) is 11.5. The van der Waals surface area contributed by atoms with Crippen molar-refractivity contribution >= 4 is 43.6 Å². The minimum Gasteiger partial charge on any atom is -0.489 e. The molecule has 0 heterocycles. The second-order valence-electron chi connectivity index (χ2n) is 4.05. The molecule has 0 aromatic heterocycles. The molecule has 110 valence electrons. The first-order valence-electron chi connectivity index (χ1n) is 6.22. The van der Waals surface area contributed by atoms with Crippen LogP contribution in [0.5, 0.6) is 5.75 Å². The highest BCUT2D eigenvalue weighted by molar-refractivity contribution is 9.11. The van der Waals surface area contributed by atoms with Gasteiger partial charge in [0.05, 0.1) is 4.47 Å². The molecule has 0 spiro atoms. The minimum atomic E-state index is -0.500. The zero-order chi connectivity index (χ0) is 15.1. The molecule has 0 bridgehead atoms. The van der Waals surface area contributed by atoms with Crippen LogP contribution in [0.3, 0.4) is 0 Å². The van der Waals surface area contributed by atoms with Crippen LogP contribution >= 0.6 is 31.9 Å². The molecule has 21 heavy (non-hydrogen) atoms. The number of halogens is 2. The van der Waals surface area contributed by atoms with Crippen LogP contribution in [0, 0.1) is 0 Å². The van der Waals surface area contributed by atoms with Gasteiger partial charge in [-0.15, -0.1) is 0 Å². The SMILES string of the molecule is O=C(Nc1ccccc1)OCCOc1ccc(Br)cc1Br. The maximum absolute atomic E-state index is 11.5. The molecular weight excluding hydrogens is 402 g/mol. The molecule has 0 atom stereocenters. The van der Waals surface area contributed by atoms with E-state index in [0.29, 0.717) is 11.4 Å². The summed E-state index contributed by atoms with van der Waals surface area (Å²) >= 11 is 6.76. The van der Waals surface area contributed by atoms with Crippen LogP contribution in [0.15, 0.2) is 57.5 Å². The molecule has 2 aromatic carbocycles. The second-order valence-corrected chi connectivity index (χ2v) is 5.82. The molecule has 0 radical (unpaired) electrons. The van der Waals surface area contributed by atoms with Gasteiger partial charge in [0.1, 0.15) is 19.0 Å². The first-order chi connectivity index (χ1) is 10.1. The molecule has 0 saturated carbocycles. The van der Waals surface area contributed by atoms with E-state index < -0.39 is 6.09 Å². The Balaban J connectivity index is 1.71. The third-order valence-corrected chi connectivity index (χ3v) is 3.60. The number of carbonyl (C=O) groups is 1. The van der Waals surface area contributed by atoms with Crippen LogP contribution in [0.2, 0.25) is 0 Å². The molecule has 2 rings (SSSR count). The second kappa shape index (κ2) is 8.05. The molecule has 0 aliphatic rings. The van der Waals surface area contributed by atoms with E-state index in [0.717, 1.165) is 8.95 Å². The number of carbonyl (C=O) groups excluding carboxylic acids is 1.